The highest BCUT2D eigenvalue weighted by atomic mass is 16.5. The second-order valence-electron chi connectivity index (χ2n) is 9.80. The van der Waals surface area contributed by atoms with Gasteiger partial charge in [-0.25, -0.2) is 0 Å². The molecule has 1 N–H and O–H groups in total. The maximum atomic E-state index is 12.6. The molecule has 0 unspecified atom stereocenters. The van der Waals surface area contributed by atoms with Crippen LogP contribution in [-0.2, 0) is 10.2 Å². The van der Waals surface area contributed by atoms with Crippen LogP contribution < -0.4 is 15.0 Å². The van der Waals surface area contributed by atoms with E-state index in [-0.39, 0.29) is 23.8 Å². The number of nitrogens with zero attached hydrogens (tertiary/aromatic N) is 2. The summed E-state index contributed by atoms with van der Waals surface area (Å²) < 4.78 is 5.64. The summed E-state index contributed by atoms with van der Waals surface area (Å²) in [5.74, 6) is 0.551. The van der Waals surface area contributed by atoms with Crippen LogP contribution in [0.3, 0.4) is 0 Å². The van der Waals surface area contributed by atoms with Crippen molar-refractivity contribution in [2.24, 2.45) is 0 Å². The lowest BCUT2D eigenvalue weighted by Crippen LogP contribution is -2.48. The smallest absolute Gasteiger partial charge is 0.262 e. The molecule has 1 fully saturated rings. The zero-order chi connectivity index (χ0) is 24.8. The Kier molecular flexibility index (Phi) is 7.39. The Morgan fingerprint density at radius 3 is 2.06 bits per heavy atom. The van der Waals surface area contributed by atoms with Gasteiger partial charge in [-0.15, -0.1) is 0 Å². The molecule has 3 aromatic rings. The SMILES string of the molecule is CC(C)(C)c1ccc(OCC(=O)Nc2ccc(N3CCN(C(=O)c4ccccc4)CC3)cc2)cc1. The van der Waals surface area contributed by atoms with Gasteiger partial charge in [-0.3, -0.25) is 9.59 Å². The number of anilines is 2. The standard InChI is InChI=1S/C29H33N3O3/c1-29(2,3)23-9-15-26(16-10-23)35-21-27(33)30-24-11-13-25(14-12-24)31-17-19-32(20-18-31)28(34)22-7-5-4-6-8-22/h4-16H,17-21H2,1-3H3,(H,30,33). The zero-order valence-electron chi connectivity index (χ0n) is 20.7. The number of benzene rings is 3. The van der Waals surface area contributed by atoms with Gasteiger partial charge in [0, 0.05) is 43.1 Å². The molecule has 4 rings (SSSR count). The van der Waals surface area contributed by atoms with E-state index in [1.807, 2.05) is 83.8 Å². The highest BCUT2D eigenvalue weighted by Gasteiger charge is 2.22. The van der Waals surface area contributed by atoms with Gasteiger partial charge in [0.25, 0.3) is 11.8 Å². The fraction of sp³-hybridized carbons (Fsp3) is 0.310. The van der Waals surface area contributed by atoms with E-state index in [4.69, 9.17) is 4.74 Å². The van der Waals surface area contributed by atoms with Crippen LogP contribution in [0.15, 0.2) is 78.9 Å². The van der Waals surface area contributed by atoms with Crippen LogP contribution in [0.2, 0.25) is 0 Å². The molecule has 3 aromatic carbocycles. The first-order valence-electron chi connectivity index (χ1n) is 12.0. The molecule has 182 valence electrons. The van der Waals surface area contributed by atoms with Gasteiger partial charge in [-0.2, -0.15) is 0 Å². The Bertz CT molecular complexity index is 1130. The minimum Gasteiger partial charge on any atom is -0.484 e. The number of nitrogens with one attached hydrogen (secondary N) is 1. The van der Waals surface area contributed by atoms with Crippen molar-refractivity contribution < 1.29 is 14.3 Å². The summed E-state index contributed by atoms with van der Waals surface area (Å²) in [6, 6.07) is 25.1. The van der Waals surface area contributed by atoms with Crippen molar-refractivity contribution in [1.29, 1.82) is 0 Å². The van der Waals surface area contributed by atoms with Gasteiger partial charge in [0.2, 0.25) is 0 Å². The monoisotopic (exact) mass is 471 g/mol. The average molecular weight is 472 g/mol. The highest BCUT2D eigenvalue weighted by molar-refractivity contribution is 5.94. The van der Waals surface area contributed by atoms with E-state index in [1.54, 1.807) is 0 Å². The number of carbonyl (C=O) groups is 2. The minimum atomic E-state index is -0.203. The second kappa shape index (κ2) is 10.6. The number of rotatable bonds is 6. The molecule has 0 bridgehead atoms. The summed E-state index contributed by atoms with van der Waals surface area (Å²) in [5, 5.41) is 2.88. The molecule has 0 spiro atoms. The molecule has 0 radical (unpaired) electrons. The van der Waals surface area contributed by atoms with Crippen molar-refractivity contribution >= 4 is 23.2 Å². The fourth-order valence-electron chi connectivity index (χ4n) is 4.08. The minimum absolute atomic E-state index is 0.0476. The Balaban J connectivity index is 1.24. The molecule has 35 heavy (non-hydrogen) atoms. The van der Waals surface area contributed by atoms with E-state index in [9.17, 15) is 9.59 Å². The van der Waals surface area contributed by atoms with Gasteiger partial charge in [0.1, 0.15) is 5.75 Å². The maximum Gasteiger partial charge on any atom is 0.262 e. The van der Waals surface area contributed by atoms with Gasteiger partial charge in [-0.1, -0.05) is 51.1 Å². The summed E-state index contributed by atoms with van der Waals surface area (Å²) in [5.41, 5.74) is 3.83. The van der Waals surface area contributed by atoms with Crippen LogP contribution in [0.1, 0.15) is 36.7 Å². The lowest BCUT2D eigenvalue weighted by atomic mass is 9.87. The summed E-state index contributed by atoms with van der Waals surface area (Å²) in [4.78, 5) is 29.1. The molecule has 1 aliphatic rings. The topological polar surface area (TPSA) is 61.9 Å². The van der Waals surface area contributed by atoms with E-state index in [2.05, 4.69) is 31.0 Å². The van der Waals surface area contributed by atoms with E-state index in [0.717, 1.165) is 30.0 Å². The lowest BCUT2D eigenvalue weighted by molar-refractivity contribution is -0.118. The molecule has 0 aromatic heterocycles. The second-order valence-corrected chi connectivity index (χ2v) is 9.80. The number of hydrogen-bond acceptors (Lipinski definition) is 4. The van der Waals surface area contributed by atoms with Crippen molar-refractivity contribution in [3.63, 3.8) is 0 Å². The van der Waals surface area contributed by atoms with Crippen LogP contribution in [0, 0.1) is 0 Å². The third-order valence-corrected chi connectivity index (χ3v) is 6.19. The number of amides is 2. The molecule has 6 heteroatoms. The molecule has 0 saturated carbocycles. The predicted octanol–water partition coefficient (Wildman–Crippen LogP) is 4.96. The van der Waals surface area contributed by atoms with Crippen LogP contribution in [-0.4, -0.2) is 49.5 Å². The van der Waals surface area contributed by atoms with Gasteiger partial charge < -0.3 is 19.9 Å². The molecule has 0 aliphatic carbocycles. The van der Waals surface area contributed by atoms with Crippen LogP contribution in [0.4, 0.5) is 11.4 Å². The Morgan fingerprint density at radius 2 is 1.46 bits per heavy atom. The highest BCUT2D eigenvalue weighted by Crippen LogP contribution is 2.24. The van der Waals surface area contributed by atoms with Gasteiger partial charge in [-0.05, 0) is 59.5 Å². The van der Waals surface area contributed by atoms with Crippen molar-refractivity contribution in [3.05, 3.63) is 90.0 Å². The Labute approximate surface area is 207 Å². The van der Waals surface area contributed by atoms with Crippen LogP contribution >= 0.6 is 0 Å². The van der Waals surface area contributed by atoms with Gasteiger partial charge in [0.05, 0.1) is 0 Å². The van der Waals surface area contributed by atoms with Gasteiger partial charge >= 0.3 is 0 Å². The van der Waals surface area contributed by atoms with Crippen LogP contribution in [0.5, 0.6) is 5.75 Å². The first kappa shape index (κ1) is 24.3. The first-order chi connectivity index (χ1) is 16.8. The van der Waals surface area contributed by atoms with Crippen LogP contribution in [0.25, 0.3) is 0 Å². The normalized spacial score (nSPS) is 13.9. The number of piperazine rings is 1. The third-order valence-electron chi connectivity index (χ3n) is 6.19. The quantitative estimate of drug-likeness (QED) is 0.552. The summed E-state index contributed by atoms with van der Waals surface area (Å²) in [6.45, 7) is 9.34. The molecule has 0 atom stereocenters. The van der Waals surface area contributed by atoms with E-state index >= 15 is 0 Å². The van der Waals surface area contributed by atoms with Crippen molar-refractivity contribution in [2.75, 3.05) is 43.0 Å². The van der Waals surface area contributed by atoms with E-state index in [0.29, 0.717) is 18.8 Å². The average Bonchev–Trinajstić information content (AvgIpc) is 2.88. The van der Waals surface area contributed by atoms with Crippen molar-refractivity contribution in [2.45, 2.75) is 26.2 Å². The molecular formula is C29H33N3O3. The largest absolute Gasteiger partial charge is 0.484 e. The Hall–Kier alpha value is -3.80. The molecule has 6 nitrogen and oxygen atoms in total. The number of carbonyl (C=O) groups excluding carboxylic acids is 2. The third kappa shape index (κ3) is 6.41. The summed E-state index contributed by atoms with van der Waals surface area (Å²) in [6.07, 6.45) is 0. The van der Waals surface area contributed by atoms with Crippen molar-refractivity contribution in [3.8, 4) is 5.75 Å². The summed E-state index contributed by atoms with van der Waals surface area (Å²) >= 11 is 0. The summed E-state index contributed by atoms with van der Waals surface area (Å²) in [7, 11) is 0. The molecular weight excluding hydrogens is 438 g/mol. The number of hydrogen-bond donors (Lipinski definition) is 1. The van der Waals surface area contributed by atoms with Gasteiger partial charge in [0.15, 0.2) is 6.61 Å². The molecule has 1 aliphatic heterocycles. The zero-order valence-corrected chi connectivity index (χ0v) is 20.7. The van der Waals surface area contributed by atoms with E-state index < -0.39 is 0 Å². The first-order valence-corrected chi connectivity index (χ1v) is 12.0. The molecule has 2 amide bonds. The van der Waals surface area contributed by atoms with E-state index in [1.165, 1.54) is 5.56 Å². The number of ether oxygens (including phenoxy) is 1. The molecule has 1 saturated heterocycles. The fourth-order valence-corrected chi connectivity index (χ4v) is 4.08. The predicted molar refractivity (Wildman–Crippen MR) is 140 cm³/mol. The maximum absolute atomic E-state index is 12.6. The van der Waals surface area contributed by atoms with Crippen molar-refractivity contribution in [1.82, 2.24) is 4.90 Å². The lowest BCUT2D eigenvalue weighted by Gasteiger charge is -2.36. The Morgan fingerprint density at radius 1 is 0.829 bits per heavy atom. The molecule has 1 heterocycles.